The molecule has 1 aromatic carbocycles. The molecule has 120 valence electrons. The number of hydrogen-bond donors (Lipinski definition) is 1. The average Bonchev–Trinajstić information content (AvgIpc) is 2.95. The summed E-state index contributed by atoms with van der Waals surface area (Å²) < 4.78 is 5.18. The highest BCUT2D eigenvalue weighted by molar-refractivity contribution is 7.99. The highest BCUT2D eigenvalue weighted by atomic mass is 35.5. The van der Waals surface area contributed by atoms with E-state index in [9.17, 15) is 4.79 Å². The van der Waals surface area contributed by atoms with Gasteiger partial charge in [-0.05, 0) is 14.0 Å². The second-order valence-corrected chi connectivity index (χ2v) is 5.77. The summed E-state index contributed by atoms with van der Waals surface area (Å²) in [5.41, 5.74) is 0.735. The first kappa shape index (κ1) is 18.7. The van der Waals surface area contributed by atoms with E-state index in [-0.39, 0.29) is 18.2 Å². The number of hydrogen-bond acceptors (Lipinski definition) is 6. The number of nitrogens with one attached hydrogen (secondary N) is 1. The van der Waals surface area contributed by atoms with Crippen LogP contribution in [0, 0.1) is 0 Å². The monoisotopic (exact) mass is 341 g/mol. The Bertz CT molecular complexity index is 577. The molecule has 0 aliphatic heterocycles. The molecule has 1 unspecified atom stereocenters. The van der Waals surface area contributed by atoms with Gasteiger partial charge < -0.3 is 9.84 Å². The van der Waals surface area contributed by atoms with Gasteiger partial charge in [-0.1, -0.05) is 35.5 Å². The summed E-state index contributed by atoms with van der Waals surface area (Å²) >= 11 is 1.49. The zero-order valence-electron chi connectivity index (χ0n) is 12.6. The quantitative estimate of drug-likeness (QED) is 0.745. The number of carbonyl (C=O) groups is 1. The number of thioether (sulfide) groups is 1. The third kappa shape index (κ3) is 5.79. The van der Waals surface area contributed by atoms with Crippen molar-refractivity contribution in [3.05, 3.63) is 47.6 Å². The third-order valence-corrected chi connectivity index (χ3v) is 3.96. The van der Waals surface area contributed by atoms with Gasteiger partial charge in [-0.2, -0.15) is 4.98 Å². The Morgan fingerprint density at radius 3 is 2.77 bits per heavy atom. The second-order valence-electron chi connectivity index (χ2n) is 4.78. The number of rotatable bonds is 8. The zero-order valence-corrected chi connectivity index (χ0v) is 14.2. The van der Waals surface area contributed by atoms with Crippen LogP contribution < -0.4 is 5.32 Å². The minimum absolute atomic E-state index is 0. The van der Waals surface area contributed by atoms with Crippen molar-refractivity contribution in [3.63, 3.8) is 0 Å². The predicted octanol–water partition coefficient (Wildman–Crippen LogP) is 2.76. The van der Waals surface area contributed by atoms with E-state index in [1.165, 1.54) is 11.8 Å². The molecule has 1 N–H and O–H groups in total. The van der Waals surface area contributed by atoms with Crippen LogP contribution in [0.15, 0.2) is 34.9 Å². The van der Waals surface area contributed by atoms with Crippen molar-refractivity contribution >= 4 is 30.0 Å². The van der Waals surface area contributed by atoms with Crippen LogP contribution in [-0.4, -0.2) is 34.8 Å². The number of nitrogens with zero attached hydrogens (tertiary/aromatic N) is 2. The summed E-state index contributed by atoms with van der Waals surface area (Å²) in [5.74, 6) is 2.35. The summed E-state index contributed by atoms with van der Waals surface area (Å²) in [5, 5.41) is 7.06. The fourth-order valence-corrected chi connectivity index (χ4v) is 2.49. The van der Waals surface area contributed by atoms with Gasteiger partial charge in [0.05, 0.1) is 11.5 Å². The van der Waals surface area contributed by atoms with Gasteiger partial charge in [0.25, 0.3) is 0 Å². The smallest absolute Gasteiger partial charge is 0.236 e. The lowest BCUT2D eigenvalue weighted by Gasteiger charge is -2.04. The molecule has 1 heterocycles. The highest BCUT2D eigenvalue weighted by Gasteiger charge is 2.11. The lowest BCUT2D eigenvalue weighted by atomic mass is 10.2. The third-order valence-electron chi connectivity index (χ3n) is 3.05. The molecular weight excluding hydrogens is 322 g/mol. The fraction of sp³-hybridized carbons (Fsp3) is 0.400. The number of Topliss-reactive ketones (excluding diaryl/α,β-unsaturated/α-hetero) is 1. The van der Waals surface area contributed by atoms with Gasteiger partial charge >= 0.3 is 0 Å². The largest absolute Gasteiger partial charge is 0.338 e. The SMILES string of the molecule is CNC(C)Cc1noc(CSCC(=O)c2ccccc2)n1.Cl. The number of carbonyl (C=O) groups excluding carboxylic acids is 1. The summed E-state index contributed by atoms with van der Waals surface area (Å²) in [6.07, 6.45) is 0.730. The number of aromatic nitrogens is 2. The van der Waals surface area contributed by atoms with Gasteiger partial charge in [0.1, 0.15) is 0 Å². The molecule has 0 aliphatic rings. The number of benzene rings is 1. The first-order valence-electron chi connectivity index (χ1n) is 6.83. The Labute approximate surface area is 140 Å². The minimum atomic E-state index is 0. The summed E-state index contributed by atoms with van der Waals surface area (Å²) in [4.78, 5) is 16.2. The van der Waals surface area contributed by atoms with E-state index in [2.05, 4.69) is 22.4 Å². The molecule has 22 heavy (non-hydrogen) atoms. The normalized spacial score (nSPS) is 11.7. The molecule has 2 aromatic rings. The molecule has 0 fully saturated rings. The molecule has 0 bridgehead atoms. The second kappa shape index (κ2) is 9.61. The molecule has 2 rings (SSSR count). The van der Waals surface area contributed by atoms with Crippen molar-refractivity contribution in [3.8, 4) is 0 Å². The van der Waals surface area contributed by atoms with Gasteiger partial charge in [-0.15, -0.1) is 24.2 Å². The van der Waals surface area contributed by atoms with Crippen molar-refractivity contribution < 1.29 is 9.32 Å². The Balaban J connectivity index is 0.00000242. The number of halogens is 1. The van der Waals surface area contributed by atoms with Crippen LogP contribution in [0.2, 0.25) is 0 Å². The van der Waals surface area contributed by atoms with Crippen LogP contribution in [0.25, 0.3) is 0 Å². The zero-order chi connectivity index (χ0) is 15.1. The van der Waals surface area contributed by atoms with Crippen molar-refractivity contribution in [1.29, 1.82) is 0 Å². The Morgan fingerprint density at radius 1 is 1.36 bits per heavy atom. The van der Waals surface area contributed by atoms with Crippen molar-refractivity contribution in [2.24, 2.45) is 0 Å². The maximum absolute atomic E-state index is 11.9. The van der Waals surface area contributed by atoms with Gasteiger partial charge in [-0.25, -0.2) is 0 Å². The Hall–Kier alpha value is -1.37. The molecular formula is C15H20ClN3O2S. The van der Waals surface area contributed by atoms with Gasteiger partial charge in [0, 0.05) is 18.0 Å². The first-order valence-corrected chi connectivity index (χ1v) is 7.99. The van der Waals surface area contributed by atoms with Crippen molar-refractivity contribution in [2.75, 3.05) is 12.8 Å². The van der Waals surface area contributed by atoms with E-state index < -0.39 is 0 Å². The van der Waals surface area contributed by atoms with Crippen LogP contribution in [-0.2, 0) is 12.2 Å². The maximum atomic E-state index is 11.9. The van der Waals surface area contributed by atoms with Gasteiger partial charge in [-0.3, -0.25) is 4.79 Å². The van der Waals surface area contributed by atoms with Crippen molar-refractivity contribution in [2.45, 2.75) is 25.1 Å². The molecule has 0 amide bonds. The Morgan fingerprint density at radius 2 is 2.09 bits per heavy atom. The van der Waals surface area contributed by atoms with Gasteiger partial charge in [0.2, 0.25) is 5.89 Å². The molecule has 0 radical (unpaired) electrons. The lowest BCUT2D eigenvalue weighted by molar-refractivity contribution is 0.102. The fourth-order valence-electron chi connectivity index (χ4n) is 1.75. The number of ketones is 1. The predicted molar refractivity (Wildman–Crippen MR) is 90.7 cm³/mol. The van der Waals surface area contributed by atoms with Crippen LogP contribution in [0.3, 0.4) is 0 Å². The standard InChI is InChI=1S/C15H19N3O2S.ClH/c1-11(16-2)8-14-17-15(20-18-14)10-21-9-13(19)12-6-4-3-5-7-12;/h3-7,11,16H,8-10H2,1-2H3;1H. The van der Waals surface area contributed by atoms with Crippen LogP contribution in [0.4, 0.5) is 0 Å². The Kier molecular flexibility index (Phi) is 8.16. The molecule has 0 saturated heterocycles. The molecule has 0 aliphatic carbocycles. The van der Waals surface area contributed by atoms with Crippen molar-refractivity contribution in [1.82, 2.24) is 15.5 Å². The topological polar surface area (TPSA) is 68.0 Å². The van der Waals surface area contributed by atoms with Gasteiger partial charge in [0.15, 0.2) is 11.6 Å². The molecule has 0 saturated carbocycles. The maximum Gasteiger partial charge on any atom is 0.236 e. The van der Waals surface area contributed by atoms with E-state index in [4.69, 9.17) is 4.52 Å². The van der Waals surface area contributed by atoms with E-state index in [1.54, 1.807) is 0 Å². The van der Waals surface area contributed by atoms with Crippen LogP contribution in [0.1, 0.15) is 29.0 Å². The molecule has 0 spiro atoms. The minimum Gasteiger partial charge on any atom is -0.338 e. The molecule has 1 aromatic heterocycles. The first-order chi connectivity index (χ1) is 10.2. The molecule has 7 heteroatoms. The van der Waals surface area contributed by atoms with E-state index in [0.717, 1.165) is 12.0 Å². The highest BCUT2D eigenvalue weighted by Crippen LogP contribution is 2.13. The average molecular weight is 342 g/mol. The van der Waals surface area contributed by atoms with E-state index in [1.807, 2.05) is 37.4 Å². The van der Waals surface area contributed by atoms with Crippen LogP contribution >= 0.6 is 24.2 Å². The van der Waals surface area contributed by atoms with Crippen LogP contribution in [0.5, 0.6) is 0 Å². The molecule has 1 atom stereocenters. The number of likely N-dealkylation sites (N-methyl/N-ethyl adjacent to an activating group) is 1. The summed E-state index contributed by atoms with van der Waals surface area (Å²) in [7, 11) is 1.90. The summed E-state index contributed by atoms with van der Waals surface area (Å²) in [6, 6.07) is 9.59. The summed E-state index contributed by atoms with van der Waals surface area (Å²) in [6.45, 7) is 2.06. The van der Waals surface area contributed by atoms with E-state index in [0.29, 0.717) is 29.3 Å². The van der Waals surface area contributed by atoms with E-state index >= 15 is 0 Å². The molecule has 5 nitrogen and oxygen atoms in total. The lowest BCUT2D eigenvalue weighted by Crippen LogP contribution is -2.24.